The molecule has 0 aromatic heterocycles. The molecule has 1 aliphatic carbocycles. The number of rotatable bonds is 9. The molecule has 0 aromatic rings. The quantitative estimate of drug-likeness (QED) is 0.250. The van der Waals surface area contributed by atoms with Gasteiger partial charge in [-0.15, -0.1) is 0 Å². The van der Waals surface area contributed by atoms with Gasteiger partial charge in [-0.05, 0) is 80.6 Å². The van der Waals surface area contributed by atoms with Crippen molar-refractivity contribution in [3.05, 3.63) is 0 Å². The van der Waals surface area contributed by atoms with Gasteiger partial charge in [0.2, 0.25) is 5.91 Å². The molecule has 202 valence electrons. The Morgan fingerprint density at radius 3 is 1.89 bits per heavy atom. The van der Waals surface area contributed by atoms with Gasteiger partial charge in [0.05, 0.1) is 0 Å². The lowest BCUT2D eigenvalue weighted by Gasteiger charge is -2.25. The number of amides is 3. The van der Waals surface area contributed by atoms with Crippen LogP contribution in [0.2, 0.25) is 0 Å². The van der Waals surface area contributed by atoms with E-state index < -0.39 is 41.0 Å². The zero-order chi connectivity index (χ0) is 27.2. The fraction of sp³-hybridized carbons (Fsp3) is 0.833. The van der Waals surface area contributed by atoms with Crippen LogP contribution in [0.5, 0.6) is 0 Å². The van der Waals surface area contributed by atoms with E-state index in [9.17, 15) is 19.2 Å². The van der Waals surface area contributed by atoms with E-state index in [-0.39, 0.29) is 30.7 Å². The molecule has 0 radical (unpaired) electrons. The number of esters is 1. The lowest BCUT2D eigenvalue weighted by molar-refractivity contribution is -0.156. The summed E-state index contributed by atoms with van der Waals surface area (Å²) in [7, 11) is 1.56. The number of carbonyl (C=O) groups excluding carboxylic acids is 4. The number of alkyl carbamates (subject to hydrolysis) is 2. The van der Waals surface area contributed by atoms with Crippen molar-refractivity contribution in [1.29, 1.82) is 0 Å². The second-order valence-electron chi connectivity index (χ2n) is 12.0. The van der Waals surface area contributed by atoms with Crippen LogP contribution in [0.15, 0.2) is 0 Å². The van der Waals surface area contributed by atoms with E-state index in [0.29, 0.717) is 6.54 Å². The monoisotopic (exact) mass is 500 g/mol. The number of nitrogens with zero attached hydrogens (tertiary/aromatic N) is 1. The summed E-state index contributed by atoms with van der Waals surface area (Å²) in [5, 5.41) is 6.87. The van der Waals surface area contributed by atoms with Crippen molar-refractivity contribution in [1.82, 2.24) is 21.1 Å². The van der Waals surface area contributed by atoms with E-state index >= 15 is 0 Å². The second kappa shape index (κ2) is 11.9. The molecular weight excluding hydrogens is 456 g/mol. The topological polar surface area (TPSA) is 135 Å². The van der Waals surface area contributed by atoms with Gasteiger partial charge in [0, 0.05) is 26.1 Å². The lowest BCUT2D eigenvalue weighted by Crippen LogP contribution is -2.48. The minimum atomic E-state index is -0.689. The van der Waals surface area contributed by atoms with E-state index in [1.165, 1.54) is 5.01 Å². The highest BCUT2D eigenvalue weighted by molar-refractivity contribution is 5.78. The standard InChI is InChI=1S/C24H44N4O7/c1-22(2,3)33-19(30)14-28(10)27-18(29)12-17(26-21(32)35-24(7,8)9)16-11-15(16)13-25-20(31)34-23(4,5)6/h15-17H,11-14H2,1-10H3,(H,25,31)(H,26,32)(H,27,29)/t15-,16-,17+/m0/s1. The Balaban J connectivity index is 2.69. The Morgan fingerprint density at radius 1 is 0.857 bits per heavy atom. The fourth-order valence-electron chi connectivity index (χ4n) is 3.36. The predicted octanol–water partition coefficient (Wildman–Crippen LogP) is 2.74. The van der Waals surface area contributed by atoms with Crippen LogP contribution in [0.3, 0.4) is 0 Å². The zero-order valence-electron chi connectivity index (χ0n) is 22.9. The molecule has 1 aliphatic rings. The summed E-state index contributed by atoms with van der Waals surface area (Å²) in [5.41, 5.74) is 0.719. The maximum absolute atomic E-state index is 12.7. The smallest absolute Gasteiger partial charge is 0.407 e. The molecule has 1 rings (SSSR count). The molecule has 0 heterocycles. The van der Waals surface area contributed by atoms with E-state index in [1.54, 1.807) is 69.4 Å². The van der Waals surface area contributed by atoms with E-state index in [4.69, 9.17) is 14.2 Å². The largest absolute Gasteiger partial charge is 0.459 e. The maximum atomic E-state index is 12.7. The zero-order valence-corrected chi connectivity index (χ0v) is 22.9. The number of carbonyl (C=O) groups is 4. The van der Waals surface area contributed by atoms with Crippen LogP contribution in [-0.2, 0) is 23.8 Å². The van der Waals surface area contributed by atoms with E-state index in [1.807, 2.05) is 0 Å². The van der Waals surface area contributed by atoms with Gasteiger partial charge in [0.15, 0.2) is 0 Å². The third-order valence-corrected chi connectivity index (χ3v) is 4.61. The Bertz CT molecular complexity index is 765. The number of likely N-dealkylation sites (N-methyl/N-ethyl adjacent to an activating group) is 1. The minimum Gasteiger partial charge on any atom is -0.459 e. The first-order valence-corrected chi connectivity index (χ1v) is 11.9. The van der Waals surface area contributed by atoms with Crippen molar-refractivity contribution in [3.63, 3.8) is 0 Å². The Hall–Kier alpha value is -2.56. The van der Waals surface area contributed by atoms with Crippen molar-refractivity contribution in [2.75, 3.05) is 20.1 Å². The molecule has 0 saturated heterocycles. The fourth-order valence-corrected chi connectivity index (χ4v) is 3.36. The van der Waals surface area contributed by atoms with Gasteiger partial charge >= 0.3 is 18.2 Å². The summed E-state index contributed by atoms with van der Waals surface area (Å²) in [5.74, 6) is -0.795. The van der Waals surface area contributed by atoms with Crippen LogP contribution in [0.25, 0.3) is 0 Å². The minimum absolute atomic E-state index is 0.0223. The molecule has 3 atom stereocenters. The maximum Gasteiger partial charge on any atom is 0.407 e. The van der Waals surface area contributed by atoms with Crippen LogP contribution < -0.4 is 16.1 Å². The lowest BCUT2D eigenvalue weighted by atomic mass is 10.1. The van der Waals surface area contributed by atoms with Gasteiger partial charge in [-0.3, -0.25) is 15.0 Å². The summed E-state index contributed by atoms with van der Waals surface area (Å²) in [6.07, 6.45) is -0.438. The number of hydrogen-bond acceptors (Lipinski definition) is 8. The molecule has 0 unspecified atom stereocenters. The number of ether oxygens (including phenoxy) is 3. The average Bonchev–Trinajstić information content (AvgIpc) is 3.33. The molecule has 0 aliphatic heterocycles. The van der Waals surface area contributed by atoms with Gasteiger partial charge in [-0.2, -0.15) is 0 Å². The average molecular weight is 501 g/mol. The second-order valence-corrected chi connectivity index (χ2v) is 12.0. The third-order valence-electron chi connectivity index (χ3n) is 4.61. The van der Waals surface area contributed by atoms with Crippen LogP contribution in [0.1, 0.15) is 75.2 Å². The van der Waals surface area contributed by atoms with Crippen molar-refractivity contribution < 1.29 is 33.4 Å². The van der Waals surface area contributed by atoms with Gasteiger partial charge < -0.3 is 24.8 Å². The summed E-state index contributed by atoms with van der Waals surface area (Å²) >= 11 is 0. The van der Waals surface area contributed by atoms with E-state index in [2.05, 4.69) is 16.1 Å². The Labute approximate surface area is 208 Å². The normalized spacial score (nSPS) is 18.8. The Morgan fingerprint density at radius 2 is 1.37 bits per heavy atom. The number of hydrogen-bond donors (Lipinski definition) is 3. The molecule has 1 fully saturated rings. The summed E-state index contributed by atoms with van der Waals surface area (Å²) < 4.78 is 15.9. The molecule has 3 amide bonds. The molecule has 35 heavy (non-hydrogen) atoms. The first-order chi connectivity index (χ1) is 15.7. The first kappa shape index (κ1) is 30.5. The molecule has 0 spiro atoms. The van der Waals surface area contributed by atoms with Crippen LogP contribution in [0.4, 0.5) is 9.59 Å². The molecule has 11 nitrogen and oxygen atoms in total. The van der Waals surface area contributed by atoms with Crippen molar-refractivity contribution in [2.45, 2.75) is 98.0 Å². The first-order valence-electron chi connectivity index (χ1n) is 11.9. The molecule has 0 aromatic carbocycles. The van der Waals surface area contributed by atoms with E-state index in [0.717, 1.165) is 6.42 Å². The molecule has 3 N–H and O–H groups in total. The SMILES string of the molecule is CN(CC(=O)OC(C)(C)C)NC(=O)C[C@@H](NC(=O)OC(C)(C)C)[C@H]1C[C@H]1CNC(=O)OC(C)(C)C. The molecular formula is C24H44N4O7. The molecule has 0 bridgehead atoms. The third kappa shape index (κ3) is 14.4. The van der Waals surface area contributed by atoms with Gasteiger partial charge in [-0.1, -0.05) is 0 Å². The van der Waals surface area contributed by atoms with Crippen molar-refractivity contribution >= 4 is 24.1 Å². The van der Waals surface area contributed by atoms with Crippen LogP contribution in [-0.4, -0.2) is 72.1 Å². The summed E-state index contributed by atoms with van der Waals surface area (Å²) in [4.78, 5) is 49.0. The number of nitrogens with one attached hydrogen (secondary N) is 3. The molecule has 1 saturated carbocycles. The van der Waals surface area contributed by atoms with Gasteiger partial charge in [0.25, 0.3) is 0 Å². The van der Waals surface area contributed by atoms with Gasteiger partial charge in [-0.25, -0.2) is 14.6 Å². The Kier molecular flexibility index (Phi) is 10.4. The highest BCUT2D eigenvalue weighted by Gasteiger charge is 2.45. The van der Waals surface area contributed by atoms with Crippen molar-refractivity contribution in [2.24, 2.45) is 11.8 Å². The predicted molar refractivity (Wildman–Crippen MR) is 130 cm³/mol. The highest BCUT2D eigenvalue weighted by Crippen LogP contribution is 2.42. The van der Waals surface area contributed by atoms with Crippen LogP contribution >= 0.6 is 0 Å². The van der Waals surface area contributed by atoms with Crippen LogP contribution in [0, 0.1) is 11.8 Å². The summed E-state index contributed by atoms with van der Waals surface area (Å²) in [6, 6.07) is -0.509. The number of hydrazine groups is 1. The highest BCUT2D eigenvalue weighted by atomic mass is 16.6. The molecule has 11 heteroatoms. The summed E-state index contributed by atoms with van der Waals surface area (Å²) in [6.45, 7) is 16.1. The van der Waals surface area contributed by atoms with Crippen molar-refractivity contribution in [3.8, 4) is 0 Å². The van der Waals surface area contributed by atoms with Gasteiger partial charge in [0.1, 0.15) is 23.3 Å².